The third-order valence-electron chi connectivity index (χ3n) is 3.12. The van der Waals surface area contributed by atoms with Crippen LogP contribution in [-0.4, -0.2) is 14.8 Å². The largest absolute Gasteiger partial charge is 0.314 e. The number of rotatable bonds is 5. The van der Waals surface area contributed by atoms with Crippen molar-refractivity contribution >= 4 is 0 Å². The molecule has 1 heterocycles. The molecule has 1 aromatic heterocycles. The van der Waals surface area contributed by atoms with Crippen LogP contribution in [0.3, 0.4) is 0 Å². The molecule has 1 aromatic carbocycles. The second-order valence-corrected chi connectivity index (χ2v) is 4.91. The summed E-state index contributed by atoms with van der Waals surface area (Å²) in [7, 11) is 0. The fourth-order valence-corrected chi connectivity index (χ4v) is 1.96. The number of hydrogen-bond donors (Lipinski definition) is 1. The number of benzene rings is 1. The van der Waals surface area contributed by atoms with Gasteiger partial charge in [0.05, 0.1) is 6.54 Å². The van der Waals surface area contributed by atoms with E-state index in [9.17, 15) is 4.39 Å². The Hall–Kier alpha value is -1.75. The SMILES string of the molecule is CC(NCc1nncn1C(C)C)c1cccc(F)c1. The molecule has 0 fully saturated rings. The van der Waals surface area contributed by atoms with Crippen molar-refractivity contribution in [3.63, 3.8) is 0 Å². The van der Waals surface area contributed by atoms with E-state index in [1.165, 1.54) is 6.07 Å². The molecule has 1 atom stereocenters. The van der Waals surface area contributed by atoms with Crippen LogP contribution in [0.25, 0.3) is 0 Å². The minimum Gasteiger partial charge on any atom is -0.314 e. The van der Waals surface area contributed by atoms with Crippen molar-refractivity contribution in [2.45, 2.75) is 39.4 Å². The maximum Gasteiger partial charge on any atom is 0.147 e. The van der Waals surface area contributed by atoms with Crippen LogP contribution in [0.2, 0.25) is 0 Å². The molecule has 1 unspecified atom stereocenters. The summed E-state index contributed by atoms with van der Waals surface area (Å²) in [5, 5.41) is 11.4. The summed E-state index contributed by atoms with van der Waals surface area (Å²) < 4.78 is 15.2. The molecule has 0 aliphatic rings. The molecule has 102 valence electrons. The Morgan fingerprint density at radius 1 is 1.32 bits per heavy atom. The van der Waals surface area contributed by atoms with Crippen LogP contribution in [-0.2, 0) is 6.54 Å². The number of hydrogen-bond acceptors (Lipinski definition) is 3. The molecule has 0 amide bonds. The highest BCUT2D eigenvalue weighted by Gasteiger charge is 2.10. The average molecular weight is 262 g/mol. The van der Waals surface area contributed by atoms with Gasteiger partial charge in [-0.3, -0.25) is 0 Å². The average Bonchev–Trinajstić information content (AvgIpc) is 2.84. The summed E-state index contributed by atoms with van der Waals surface area (Å²) in [6.07, 6.45) is 1.73. The van der Waals surface area contributed by atoms with Gasteiger partial charge in [0.25, 0.3) is 0 Å². The first-order valence-corrected chi connectivity index (χ1v) is 6.45. The van der Waals surface area contributed by atoms with Gasteiger partial charge in [-0.25, -0.2) is 4.39 Å². The van der Waals surface area contributed by atoms with E-state index in [0.717, 1.165) is 11.4 Å². The van der Waals surface area contributed by atoms with Gasteiger partial charge in [0, 0.05) is 12.1 Å². The second kappa shape index (κ2) is 5.93. The standard InChI is InChI=1S/C14H19FN4/c1-10(2)19-9-17-18-14(19)8-16-11(3)12-5-4-6-13(15)7-12/h4-7,9-11,16H,8H2,1-3H3. The van der Waals surface area contributed by atoms with E-state index >= 15 is 0 Å². The van der Waals surface area contributed by atoms with E-state index in [1.807, 2.05) is 17.6 Å². The number of aromatic nitrogens is 3. The van der Waals surface area contributed by atoms with Gasteiger partial charge in [-0.15, -0.1) is 10.2 Å². The first kappa shape index (κ1) is 13.7. The van der Waals surface area contributed by atoms with E-state index in [4.69, 9.17) is 0 Å². The molecular formula is C14H19FN4. The Labute approximate surface area is 112 Å². The minimum atomic E-state index is -0.212. The third kappa shape index (κ3) is 3.38. The molecule has 1 N–H and O–H groups in total. The van der Waals surface area contributed by atoms with Crippen LogP contribution in [0, 0.1) is 5.82 Å². The van der Waals surface area contributed by atoms with Gasteiger partial charge in [-0.2, -0.15) is 0 Å². The molecule has 0 saturated heterocycles. The van der Waals surface area contributed by atoms with E-state index in [1.54, 1.807) is 18.5 Å². The van der Waals surface area contributed by atoms with Crippen molar-refractivity contribution in [1.29, 1.82) is 0 Å². The normalized spacial score (nSPS) is 12.9. The molecule has 5 heteroatoms. The summed E-state index contributed by atoms with van der Waals surface area (Å²) in [4.78, 5) is 0. The molecule has 4 nitrogen and oxygen atoms in total. The first-order valence-electron chi connectivity index (χ1n) is 6.45. The molecule has 0 saturated carbocycles. The van der Waals surface area contributed by atoms with Crippen molar-refractivity contribution in [1.82, 2.24) is 20.1 Å². The lowest BCUT2D eigenvalue weighted by Gasteiger charge is -2.15. The van der Waals surface area contributed by atoms with Gasteiger partial charge >= 0.3 is 0 Å². The van der Waals surface area contributed by atoms with Crippen molar-refractivity contribution in [2.24, 2.45) is 0 Å². The number of nitrogens with zero attached hydrogens (tertiary/aromatic N) is 3. The minimum absolute atomic E-state index is 0.0630. The molecule has 2 aromatic rings. The Bertz CT molecular complexity index is 536. The zero-order valence-corrected chi connectivity index (χ0v) is 11.5. The number of halogens is 1. The van der Waals surface area contributed by atoms with Crippen LogP contribution in [0.4, 0.5) is 4.39 Å². The first-order chi connectivity index (χ1) is 9.08. The maximum atomic E-state index is 13.2. The number of nitrogens with one attached hydrogen (secondary N) is 1. The highest BCUT2D eigenvalue weighted by Crippen LogP contribution is 2.14. The molecule has 0 aliphatic heterocycles. The van der Waals surface area contributed by atoms with Crippen LogP contribution >= 0.6 is 0 Å². The molecule has 0 bridgehead atoms. The van der Waals surface area contributed by atoms with Crippen molar-refractivity contribution in [2.75, 3.05) is 0 Å². The van der Waals surface area contributed by atoms with Crippen LogP contribution < -0.4 is 5.32 Å². The van der Waals surface area contributed by atoms with E-state index < -0.39 is 0 Å². The Balaban J connectivity index is 2.00. The molecule has 0 aliphatic carbocycles. The van der Waals surface area contributed by atoms with Crippen LogP contribution in [0.1, 0.15) is 44.2 Å². The monoisotopic (exact) mass is 262 g/mol. The fraction of sp³-hybridized carbons (Fsp3) is 0.429. The highest BCUT2D eigenvalue weighted by molar-refractivity contribution is 5.19. The van der Waals surface area contributed by atoms with E-state index in [0.29, 0.717) is 12.6 Å². The van der Waals surface area contributed by atoms with E-state index in [2.05, 4.69) is 29.4 Å². The predicted molar refractivity (Wildman–Crippen MR) is 72.1 cm³/mol. The molecule has 0 spiro atoms. The van der Waals surface area contributed by atoms with Gasteiger partial charge in [0.1, 0.15) is 18.0 Å². The van der Waals surface area contributed by atoms with Crippen LogP contribution in [0.15, 0.2) is 30.6 Å². The van der Waals surface area contributed by atoms with Gasteiger partial charge in [0.15, 0.2) is 0 Å². The molecule has 2 rings (SSSR count). The van der Waals surface area contributed by atoms with Gasteiger partial charge in [-0.1, -0.05) is 12.1 Å². The lowest BCUT2D eigenvalue weighted by Crippen LogP contribution is -2.21. The topological polar surface area (TPSA) is 42.7 Å². The second-order valence-electron chi connectivity index (χ2n) is 4.91. The van der Waals surface area contributed by atoms with Crippen LogP contribution in [0.5, 0.6) is 0 Å². The Kier molecular flexibility index (Phi) is 4.27. The Morgan fingerprint density at radius 2 is 2.11 bits per heavy atom. The van der Waals surface area contributed by atoms with Gasteiger partial charge in [-0.05, 0) is 38.5 Å². The van der Waals surface area contributed by atoms with Crippen molar-refractivity contribution < 1.29 is 4.39 Å². The lowest BCUT2D eigenvalue weighted by molar-refractivity contribution is 0.507. The predicted octanol–water partition coefficient (Wildman–Crippen LogP) is 2.85. The molecule has 0 radical (unpaired) electrons. The van der Waals surface area contributed by atoms with E-state index in [-0.39, 0.29) is 11.9 Å². The zero-order chi connectivity index (χ0) is 13.8. The maximum absolute atomic E-state index is 13.2. The van der Waals surface area contributed by atoms with Gasteiger partial charge < -0.3 is 9.88 Å². The summed E-state index contributed by atoms with van der Waals surface area (Å²) in [6.45, 7) is 6.78. The third-order valence-corrected chi connectivity index (χ3v) is 3.12. The summed E-state index contributed by atoms with van der Waals surface area (Å²) in [6, 6.07) is 7.02. The zero-order valence-electron chi connectivity index (χ0n) is 11.5. The molecule has 19 heavy (non-hydrogen) atoms. The fourth-order valence-electron chi connectivity index (χ4n) is 1.96. The molecular weight excluding hydrogens is 243 g/mol. The summed E-state index contributed by atoms with van der Waals surface area (Å²) in [5.41, 5.74) is 0.926. The summed E-state index contributed by atoms with van der Waals surface area (Å²) in [5.74, 6) is 0.676. The highest BCUT2D eigenvalue weighted by atomic mass is 19.1. The van der Waals surface area contributed by atoms with Gasteiger partial charge in [0.2, 0.25) is 0 Å². The lowest BCUT2D eigenvalue weighted by atomic mass is 10.1. The van der Waals surface area contributed by atoms with Crippen molar-refractivity contribution in [3.05, 3.63) is 47.8 Å². The van der Waals surface area contributed by atoms with Crippen molar-refractivity contribution in [3.8, 4) is 0 Å². The smallest absolute Gasteiger partial charge is 0.147 e. The Morgan fingerprint density at radius 3 is 2.79 bits per heavy atom. The quantitative estimate of drug-likeness (QED) is 0.901. The summed E-state index contributed by atoms with van der Waals surface area (Å²) >= 11 is 0.